The summed E-state index contributed by atoms with van der Waals surface area (Å²) < 4.78 is 1.38. The molecule has 0 aliphatic carbocycles. The van der Waals surface area contributed by atoms with Gasteiger partial charge in [-0.1, -0.05) is 38.0 Å². The smallest absolute Gasteiger partial charge is 0.274 e. The maximum absolute atomic E-state index is 13.3. The number of unbranched alkanes of at least 4 members (excludes halogenated alkanes) is 2. The van der Waals surface area contributed by atoms with E-state index < -0.39 is 0 Å². The van der Waals surface area contributed by atoms with Crippen LogP contribution in [0.1, 0.15) is 69.4 Å². The van der Waals surface area contributed by atoms with Gasteiger partial charge in [-0.3, -0.25) is 14.4 Å². The lowest BCUT2D eigenvalue weighted by Gasteiger charge is -2.31. The van der Waals surface area contributed by atoms with Gasteiger partial charge in [0.1, 0.15) is 0 Å². The molecule has 1 N–H and O–H groups in total. The van der Waals surface area contributed by atoms with E-state index in [1.165, 1.54) is 4.68 Å². The third-order valence-corrected chi connectivity index (χ3v) is 5.75. The summed E-state index contributed by atoms with van der Waals surface area (Å²) in [6.45, 7) is 7.65. The van der Waals surface area contributed by atoms with Crippen molar-refractivity contribution in [3.8, 4) is 0 Å². The van der Waals surface area contributed by atoms with E-state index in [1.54, 1.807) is 23.1 Å². The summed E-state index contributed by atoms with van der Waals surface area (Å²) in [4.78, 5) is 40.1. The fraction of sp³-hybridized carbons (Fsp3) is 0.565. The molecule has 1 aromatic carbocycles. The Morgan fingerprint density at radius 1 is 1.13 bits per heavy atom. The molecule has 1 saturated heterocycles. The number of carbonyl (C=O) groups is 2. The number of piperidine rings is 1. The molecule has 0 bridgehead atoms. The van der Waals surface area contributed by atoms with Gasteiger partial charge in [0.2, 0.25) is 5.91 Å². The first-order valence-electron chi connectivity index (χ1n) is 11.0. The zero-order valence-corrected chi connectivity index (χ0v) is 18.2. The van der Waals surface area contributed by atoms with Crippen molar-refractivity contribution in [1.82, 2.24) is 20.0 Å². The van der Waals surface area contributed by atoms with Crippen molar-refractivity contribution >= 4 is 22.6 Å². The molecule has 2 aromatic rings. The maximum atomic E-state index is 13.3. The summed E-state index contributed by atoms with van der Waals surface area (Å²) in [5.74, 6) is -0.137. The molecular weight excluding hydrogens is 380 g/mol. The van der Waals surface area contributed by atoms with E-state index >= 15 is 0 Å². The number of likely N-dealkylation sites (tertiary alicyclic amines) is 1. The highest BCUT2D eigenvalue weighted by molar-refractivity contribution is 6.04. The Hall–Kier alpha value is -2.70. The molecule has 0 saturated carbocycles. The average molecular weight is 413 g/mol. The van der Waals surface area contributed by atoms with Gasteiger partial charge in [0.15, 0.2) is 5.69 Å². The minimum Gasteiger partial charge on any atom is -0.356 e. The van der Waals surface area contributed by atoms with Gasteiger partial charge in [-0.25, -0.2) is 4.68 Å². The normalized spacial score (nSPS) is 15.0. The predicted octanol–water partition coefficient (Wildman–Crippen LogP) is 3.14. The summed E-state index contributed by atoms with van der Waals surface area (Å²) in [5.41, 5.74) is 0.122. The van der Waals surface area contributed by atoms with Crippen LogP contribution < -0.4 is 10.9 Å². The van der Waals surface area contributed by atoms with E-state index in [-0.39, 0.29) is 29.3 Å². The number of hydrogen-bond acceptors (Lipinski definition) is 4. The van der Waals surface area contributed by atoms with Gasteiger partial charge in [-0.15, -0.1) is 0 Å². The fourth-order valence-electron chi connectivity index (χ4n) is 3.94. The highest BCUT2D eigenvalue weighted by Crippen LogP contribution is 2.22. The number of nitrogens with zero attached hydrogens (tertiary/aromatic N) is 3. The van der Waals surface area contributed by atoms with Crippen LogP contribution in [0, 0.1) is 5.92 Å². The number of hydrogen-bond donors (Lipinski definition) is 1. The lowest BCUT2D eigenvalue weighted by molar-refractivity contribution is -0.126. The molecule has 162 valence electrons. The summed E-state index contributed by atoms with van der Waals surface area (Å²) in [6.07, 6.45) is 4.54. The Morgan fingerprint density at radius 3 is 2.43 bits per heavy atom. The number of carbonyl (C=O) groups excluding carboxylic acids is 2. The van der Waals surface area contributed by atoms with Crippen LogP contribution in [0.5, 0.6) is 0 Å². The van der Waals surface area contributed by atoms with E-state index in [0.717, 1.165) is 25.8 Å². The maximum Gasteiger partial charge on any atom is 0.274 e. The van der Waals surface area contributed by atoms with Crippen LogP contribution in [0.2, 0.25) is 0 Å². The third kappa shape index (κ3) is 4.71. The summed E-state index contributed by atoms with van der Waals surface area (Å²) in [5, 5.41) is 8.53. The first-order valence-corrected chi connectivity index (χ1v) is 11.0. The average Bonchev–Trinajstić information content (AvgIpc) is 2.76. The van der Waals surface area contributed by atoms with Gasteiger partial charge >= 0.3 is 0 Å². The summed E-state index contributed by atoms with van der Waals surface area (Å²) in [7, 11) is 0. The van der Waals surface area contributed by atoms with Gasteiger partial charge in [0.05, 0.1) is 11.4 Å². The monoisotopic (exact) mass is 412 g/mol. The van der Waals surface area contributed by atoms with Gasteiger partial charge < -0.3 is 10.2 Å². The van der Waals surface area contributed by atoms with Crippen molar-refractivity contribution < 1.29 is 9.59 Å². The zero-order valence-electron chi connectivity index (χ0n) is 18.2. The molecule has 0 radical (unpaired) electrons. The van der Waals surface area contributed by atoms with E-state index in [0.29, 0.717) is 42.4 Å². The third-order valence-electron chi connectivity index (χ3n) is 5.75. The number of benzene rings is 1. The van der Waals surface area contributed by atoms with E-state index in [1.807, 2.05) is 19.9 Å². The molecule has 7 heteroatoms. The fourth-order valence-corrected chi connectivity index (χ4v) is 3.94. The quantitative estimate of drug-likeness (QED) is 0.708. The molecule has 0 spiro atoms. The van der Waals surface area contributed by atoms with Crippen molar-refractivity contribution in [3.05, 3.63) is 40.3 Å². The van der Waals surface area contributed by atoms with Crippen molar-refractivity contribution in [1.29, 1.82) is 0 Å². The van der Waals surface area contributed by atoms with Crippen LogP contribution in [0.15, 0.2) is 29.1 Å². The molecule has 1 aliphatic heterocycles. The lowest BCUT2D eigenvalue weighted by Crippen LogP contribution is -2.44. The van der Waals surface area contributed by atoms with Crippen molar-refractivity contribution in [3.63, 3.8) is 0 Å². The Bertz CT molecular complexity index is 959. The molecular formula is C23H32N4O3. The second kappa shape index (κ2) is 9.87. The van der Waals surface area contributed by atoms with Crippen LogP contribution in [0.3, 0.4) is 0 Å². The minimum absolute atomic E-state index is 0.0509. The molecule has 2 amide bonds. The predicted molar refractivity (Wildman–Crippen MR) is 118 cm³/mol. The highest BCUT2D eigenvalue weighted by Gasteiger charge is 2.29. The summed E-state index contributed by atoms with van der Waals surface area (Å²) >= 11 is 0. The Morgan fingerprint density at radius 2 is 1.80 bits per heavy atom. The Kier molecular flexibility index (Phi) is 7.24. The molecule has 30 heavy (non-hydrogen) atoms. The molecule has 2 heterocycles. The SMILES string of the molecule is CCCCCNC(=O)C1CCN(C(=O)c2nn(C(C)C)c(=O)c3ccccc23)CC1. The highest BCUT2D eigenvalue weighted by atomic mass is 16.2. The largest absolute Gasteiger partial charge is 0.356 e. The lowest BCUT2D eigenvalue weighted by atomic mass is 9.95. The van der Waals surface area contributed by atoms with Crippen LogP contribution in [-0.2, 0) is 4.79 Å². The second-order valence-electron chi connectivity index (χ2n) is 8.30. The van der Waals surface area contributed by atoms with Gasteiger partial charge in [-0.2, -0.15) is 5.10 Å². The van der Waals surface area contributed by atoms with E-state index in [4.69, 9.17) is 0 Å². The van der Waals surface area contributed by atoms with E-state index in [9.17, 15) is 14.4 Å². The van der Waals surface area contributed by atoms with Gasteiger partial charge in [0, 0.05) is 30.9 Å². The number of nitrogens with one attached hydrogen (secondary N) is 1. The number of aromatic nitrogens is 2. The van der Waals surface area contributed by atoms with Gasteiger partial charge in [0.25, 0.3) is 11.5 Å². The molecule has 7 nitrogen and oxygen atoms in total. The first kappa shape index (κ1) is 22.0. The van der Waals surface area contributed by atoms with Crippen LogP contribution in [0.4, 0.5) is 0 Å². The topological polar surface area (TPSA) is 84.3 Å². The van der Waals surface area contributed by atoms with E-state index in [2.05, 4.69) is 17.3 Å². The molecule has 0 unspecified atom stereocenters. The number of amides is 2. The molecule has 1 aromatic heterocycles. The Balaban J connectivity index is 1.73. The number of rotatable bonds is 7. The van der Waals surface area contributed by atoms with Crippen LogP contribution >= 0.6 is 0 Å². The second-order valence-corrected chi connectivity index (χ2v) is 8.30. The minimum atomic E-state index is -0.185. The first-order chi connectivity index (χ1) is 14.4. The standard InChI is InChI=1S/C23H32N4O3/c1-4-5-8-13-24-21(28)17-11-14-26(15-12-17)23(30)20-18-9-6-7-10-19(18)22(29)27(25-20)16(2)3/h6-7,9-10,16-17H,4-5,8,11-15H2,1-3H3,(H,24,28). The van der Waals surface area contributed by atoms with Crippen molar-refractivity contribution in [2.24, 2.45) is 5.92 Å². The van der Waals surface area contributed by atoms with Crippen molar-refractivity contribution in [2.75, 3.05) is 19.6 Å². The molecule has 1 aliphatic rings. The Labute approximate surface area is 177 Å². The van der Waals surface area contributed by atoms with Crippen LogP contribution in [0.25, 0.3) is 10.8 Å². The summed E-state index contributed by atoms with van der Waals surface area (Å²) in [6, 6.07) is 6.99. The van der Waals surface area contributed by atoms with Crippen LogP contribution in [-0.4, -0.2) is 46.1 Å². The van der Waals surface area contributed by atoms with Crippen molar-refractivity contribution in [2.45, 2.75) is 58.9 Å². The molecule has 0 atom stereocenters. The zero-order chi connectivity index (χ0) is 21.7. The molecule has 1 fully saturated rings. The molecule has 3 rings (SSSR count). The number of fused-ring (bicyclic) bond motifs is 1. The van der Waals surface area contributed by atoms with Gasteiger partial charge in [-0.05, 0) is 39.2 Å².